The van der Waals surface area contributed by atoms with E-state index in [-0.39, 0.29) is 16.1 Å². The van der Waals surface area contributed by atoms with E-state index in [0.717, 1.165) is 0 Å². The van der Waals surface area contributed by atoms with E-state index in [1.54, 1.807) is 43.3 Å². The summed E-state index contributed by atoms with van der Waals surface area (Å²) >= 11 is 0. The van der Waals surface area contributed by atoms with Gasteiger partial charge in [0, 0.05) is 18.5 Å². The molecule has 1 fully saturated rings. The molecule has 2 heterocycles. The molecule has 0 bridgehead atoms. The highest BCUT2D eigenvalue weighted by atomic mass is 32.2. The monoisotopic (exact) mass is 455 g/mol. The average molecular weight is 455 g/mol. The molecule has 0 saturated carbocycles. The maximum Gasteiger partial charge on any atom is 0.292 e. The van der Waals surface area contributed by atoms with Gasteiger partial charge in [-0.3, -0.25) is 9.59 Å². The molecule has 0 unspecified atom stereocenters. The summed E-state index contributed by atoms with van der Waals surface area (Å²) in [6, 6.07) is 12.9. The number of fused-ring (bicyclic) bond motifs is 1. The van der Waals surface area contributed by atoms with Crippen molar-refractivity contribution in [2.24, 2.45) is 5.10 Å². The van der Waals surface area contributed by atoms with Crippen molar-refractivity contribution in [1.29, 1.82) is 0 Å². The minimum Gasteiger partial charge on any atom is -0.379 e. The molecule has 1 amide bonds. The molecule has 10 nitrogen and oxygen atoms in total. The first kappa shape index (κ1) is 21.8. The van der Waals surface area contributed by atoms with E-state index < -0.39 is 15.9 Å². The van der Waals surface area contributed by atoms with Crippen molar-refractivity contribution in [2.75, 3.05) is 26.3 Å². The van der Waals surface area contributed by atoms with E-state index in [4.69, 9.17) is 4.74 Å². The minimum absolute atomic E-state index is 0.0451. The van der Waals surface area contributed by atoms with Crippen LogP contribution in [0.1, 0.15) is 23.0 Å². The number of hydrogen-bond acceptors (Lipinski definition) is 7. The summed E-state index contributed by atoms with van der Waals surface area (Å²) in [5, 5.41) is 11.0. The summed E-state index contributed by atoms with van der Waals surface area (Å²) in [6.45, 7) is 3.09. The average Bonchev–Trinajstić information content (AvgIpc) is 2.83. The Labute approximate surface area is 183 Å². The van der Waals surface area contributed by atoms with Crippen LogP contribution in [0, 0.1) is 0 Å². The Hall–Kier alpha value is -3.41. The van der Waals surface area contributed by atoms with Gasteiger partial charge in [-0.05, 0) is 30.7 Å². The molecular formula is C21H21N5O5S. The van der Waals surface area contributed by atoms with Crippen molar-refractivity contribution in [1.82, 2.24) is 19.9 Å². The lowest BCUT2D eigenvalue weighted by Crippen LogP contribution is -2.40. The number of H-pyrrole nitrogens is 1. The summed E-state index contributed by atoms with van der Waals surface area (Å²) in [5.74, 6) is -0.580. The SMILES string of the molecule is C/C(=N\NC(=O)c1n[nH]c(=O)c2ccccc12)c1ccc(S(=O)(=O)N2CCOCC2)cc1. The van der Waals surface area contributed by atoms with Crippen LogP contribution in [0.15, 0.2) is 63.3 Å². The summed E-state index contributed by atoms with van der Waals surface area (Å²) in [4.78, 5) is 24.6. The van der Waals surface area contributed by atoms with Gasteiger partial charge in [0.15, 0.2) is 5.69 Å². The smallest absolute Gasteiger partial charge is 0.292 e. The van der Waals surface area contributed by atoms with E-state index in [1.165, 1.54) is 16.4 Å². The van der Waals surface area contributed by atoms with Crippen molar-refractivity contribution in [3.8, 4) is 0 Å². The first-order valence-corrected chi connectivity index (χ1v) is 11.3. The third kappa shape index (κ3) is 4.31. The number of carbonyl (C=O) groups is 1. The molecule has 1 aliphatic rings. The molecule has 2 N–H and O–H groups in total. The molecule has 0 radical (unpaired) electrons. The molecular weight excluding hydrogens is 434 g/mol. The van der Waals surface area contributed by atoms with Crippen molar-refractivity contribution in [3.05, 3.63) is 70.1 Å². The van der Waals surface area contributed by atoms with Crippen molar-refractivity contribution >= 4 is 32.4 Å². The zero-order chi connectivity index (χ0) is 22.7. The van der Waals surface area contributed by atoms with Crippen LogP contribution in [0.25, 0.3) is 10.8 Å². The second-order valence-electron chi connectivity index (χ2n) is 7.13. The molecule has 1 aromatic heterocycles. The lowest BCUT2D eigenvalue weighted by molar-refractivity contribution is 0.0730. The summed E-state index contributed by atoms with van der Waals surface area (Å²) in [5.41, 5.74) is 3.21. The predicted molar refractivity (Wildman–Crippen MR) is 118 cm³/mol. The Balaban J connectivity index is 1.51. The molecule has 1 saturated heterocycles. The number of nitrogens with one attached hydrogen (secondary N) is 2. The fraction of sp³-hybridized carbons (Fsp3) is 0.238. The number of aromatic nitrogens is 2. The fourth-order valence-electron chi connectivity index (χ4n) is 3.34. The molecule has 0 aliphatic carbocycles. The summed E-state index contributed by atoms with van der Waals surface area (Å²) in [6.07, 6.45) is 0. The van der Waals surface area contributed by atoms with Gasteiger partial charge in [-0.25, -0.2) is 18.9 Å². The number of aromatic amines is 1. The zero-order valence-corrected chi connectivity index (χ0v) is 18.1. The maximum atomic E-state index is 12.7. The second-order valence-corrected chi connectivity index (χ2v) is 9.06. The first-order valence-electron chi connectivity index (χ1n) is 9.88. The lowest BCUT2D eigenvalue weighted by Gasteiger charge is -2.26. The van der Waals surface area contributed by atoms with Gasteiger partial charge in [0.25, 0.3) is 11.5 Å². The number of morpholine rings is 1. The zero-order valence-electron chi connectivity index (χ0n) is 17.2. The fourth-order valence-corrected chi connectivity index (χ4v) is 4.75. The minimum atomic E-state index is -3.58. The van der Waals surface area contributed by atoms with Crippen LogP contribution in [0.4, 0.5) is 0 Å². The molecule has 3 aromatic rings. The predicted octanol–water partition coefficient (Wildman–Crippen LogP) is 1.10. The van der Waals surface area contributed by atoms with Gasteiger partial charge in [-0.1, -0.05) is 30.3 Å². The summed E-state index contributed by atoms with van der Waals surface area (Å²) < 4.78 is 32.1. The van der Waals surface area contributed by atoms with Gasteiger partial charge in [-0.15, -0.1) is 0 Å². The highest BCUT2D eigenvalue weighted by molar-refractivity contribution is 7.89. The highest BCUT2D eigenvalue weighted by Gasteiger charge is 2.26. The van der Waals surface area contributed by atoms with Crippen LogP contribution < -0.4 is 11.0 Å². The van der Waals surface area contributed by atoms with E-state index in [9.17, 15) is 18.0 Å². The van der Waals surface area contributed by atoms with Crippen LogP contribution >= 0.6 is 0 Å². The second kappa shape index (κ2) is 8.99. The van der Waals surface area contributed by atoms with Gasteiger partial charge in [0.05, 0.1) is 29.2 Å². The van der Waals surface area contributed by atoms with E-state index in [1.807, 2.05) is 0 Å². The maximum absolute atomic E-state index is 12.7. The van der Waals surface area contributed by atoms with E-state index in [2.05, 4.69) is 20.7 Å². The topological polar surface area (TPSA) is 134 Å². The number of benzene rings is 2. The third-order valence-corrected chi connectivity index (χ3v) is 7.03. The molecule has 166 valence electrons. The van der Waals surface area contributed by atoms with Gasteiger partial charge in [0.1, 0.15) is 0 Å². The number of sulfonamides is 1. The Kier molecular flexibility index (Phi) is 6.12. The number of amides is 1. The molecule has 1 aliphatic heterocycles. The standard InChI is InChI=1S/C21H21N5O5S/c1-14(15-6-8-16(9-7-15)32(29,30)26-10-12-31-13-11-26)22-25-21(28)19-17-4-2-3-5-18(17)20(27)24-23-19/h2-9H,10-13H2,1H3,(H,24,27)(H,25,28)/b22-14+. The van der Waals surface area contributed by atoms with Gasteiger partial charge >= 0.3 is 0 Å². The molecule has 4 rings (SSSR count). The normalized spacial score (nSPS) is 15.6. The van der Waals surface area contributed by atoms with E-state index >= 15 is 0 Å². The van der Waals surface area contributed by atoms with Crippen LogP contribution in [0.2, 0.25) is 0 Å². The van der Waals surface area contributed by atoms with Crippen molar-refractivity contribution < 1.29 is 17.9 Å². The largest absolute Gasteiger partial charge is 0.379 e. The number of carbonyl (C=O) groups excluding carboxylic acids is 1. The van der Waals surface area contributed by atoms with Crippen LogP contribution in [0.3, 0.4) is 0 Å². The number of rotatable bonds is 5. The van der Waals surface area contributed by atoms with E-state index in [0.29, 0.717) is 48.4 Å². The van der Waals surface area contributed by atoms with Crippen LogP contribution in [0.5, 0.6) is 0 Å². The summed E-state index contributed by atoms with van der Waals surface area (Å²) in [7, 11) is -3.58. The van der Waals surface area contributed by atoms with Gasteiger partial charge in [-0.2, -0.15) is 14.5 Å². The number of hydrogen-bond donors (Lipinski definition) is 2. The quantitative estimate of drug-likeness (QED) is 0.437. The number of nitrogens with zero attached hydrogens (tertiary/aromatic N) is 3. The van der Waals surface area contributed by atoms with Crippen molar-refractivity contribution in [2.45, 2.75) is 11.8 Å². The first-order chi connectivity index (χ1) is 15.4. The third-order valence-electron chi connectivity index (χ3n) is 5.12. The van der Waals surface area contributed by atoms with Gasteiger partial charge in [0.2, 0.25) is 10.0 Å². The number of hydrazone groups is 1. The van der Waals surface area contributed by atoms with Crippen LogP contribution in [-0.2, 0) is 14.8 Å². The van der Waals surface area contributed by atoms with Crippen LogP contribution in [-0.4, -0.2) is 60.8 Å². The number of ether oxygens (including phenoxy) is 1. The van der Waals surface area contributed by atoms with Gasteiger partial charge < -0.3 is 4.74 Å². The molecule has 2 aromatic carbocycles. The Morgan fingerprint density at radius 2 is 1.75 bits per heavy atom. The molecule has 32 heavy (non-hydrogen) atoms. The highest BCUT2D eigenvalue weighted by Crippen LogP contribution is 2.18. The van der Waals surface area contributed by atoms with Crippen molar-refractivity contribution in [3.63, 3.8) is 0 Å². The molecule has 0 atom stereocenters. The Morgan fingerprint density at radius 3 is 2.44 bits per heavy atom. The Morgan fingerprint density at radius 1 is 1.09 bits per heavy atom. The lowest BCUT2D eigenvalue weighted by atomic mass is 10.1. The Bertz CT molecular complexity index is 1340. The molecule has 11 heteroatoms. The molecule has 0 spiro atoms.